The number of carbonyl (C=O) groups excluding carboxylic acids is 1. The Bertz CT molecular complexity index is 794. The van der Waals surface area contributed by atoms with E-state index in [1.165, 1.54) is 6.07 Å². The van der Waals surface area contributed by atoms with Crippen LogP contribution in [0.1, 0.15) is 50.1 Å². The van der Waals surface area contributed by atoms with Crippen molar-refractivity contribution in [2.75, 3.05) is 0 Å². The Kier molecular flexibility index (Phi) is 5.58. The zero-order valence-electron chi connectivity index (χ0n) is 15.5. The monoisotopic (exact) mass is 379 g/mol. The van der Waals surface area contributed by atoms with Gasteiger partial charge in [-0.2, -0.15) is 13.2 Å². The van der Waals surface area contributed by atoms with Crippen LogP contribution in [0.4, 0.5) is 13.2 Å². The van der Waals surface area contributed by atoms with Gasteiger partial charge in [0.1, 0.15) is 5.82 Å². The number of imidazole rings is 1. The predicted molar refractivity (Wildman–Crippen MR) is 95.8 cm³/mol. The van der Waals surface area contributed by atoms with Crippen LogP contribution >= 0.6 is 0 Å². The van der Waals surface area contributed by atoms with Crippen molar-refractivity contribution in [3.63, 3.8) is 0 Å². The van der Waals surface area contributed by atoms with Crippen molar-refractivity contribution in [2.24, 2.45) is 5.92 Å². The number of benzene rings is 1. The fourth-order valence-electron chi connectivity index (χ4n) is 3.24. The molecule has 0 atom stereocenters. The minimum atomic E-state index is -4.36. The molecule has 1 saturated carbocycles. The number of hydrogen-bond acceptors (Lipinski definition) is 2. The second-order valence-electron chi connectivity index (χ2n) is 7.36. The summed E-state index contributed by atoms with van der Waals surface area (Å²) >= 11 is 0. The Morgan fingerprint density at radius 3 is 2.67 bits per heavy atom. The molecule has 0 N–H and O–H groups in total. The normalized spacial score (nSPS) is 15.0. The lowest BCUT2D eigenvalue weighted by molar-refractivity contribution is -0.141. The number of hydrogen-bond donors (Lipinski definition) is 0. The molecule has 3 rings (SSSR count). The summed E-state index contributed by atoms with van der Waals surface area (Å²) in [7, 11) is 0. The van der Waals surface area contributed by atoms with Crippen LogP contribution in [0, 0.1) is 5.92 Å². The molecule has 1 amide bonds. The summed E-state index contributed by atoms with van der Waals surface area (Å²) in [4.78, 5) is 18.8. The van der Waals surface area contributed by atoms with Crippen LogP contribution in [0.3, 0.4) is 0 Å². The number of halogens is 3. The molecule has 1 aliphatic carbocycles. The predicted octanol–water partition coefficient (Wildman–Crippen LogP) is 4.49. The van der Waals surface area contributed by atoms with Crippen LogP contribution in [0.5, 0.6) is 0 Å². The highest BCUT2D eigenvalue weighted by Crippen LogP contribution is 2.30. The molecule has 7 heteroatoms. The standard InChI is InChI=1S/C20H24F3N3O/c1-14(2)26(19(27)16-6-4-7-16)13-18-24-9-10-25(18)12-15-5-3-8-17(11-15)20(21,22)23/h3,5,8-11,14,16H,4,6-7,12-13H2,1-2H3. The number of alkyl halides is 3. The van der Waals surface area contributed by atoms with E-state index in [1.807, 2.05) is 18.7 Å². The highest BCUT2D eigenvalue weighted by atomic mass is 19.4. The van der Waals surface area contributed by atoms with Crippen LogP contribution in [-0.4, -0.2) is 26.4 Å². The molecular formula is C20H24F3N3O. The molecule has 1 aromatic heterocycles. The molecule has 2 aromatic rings. The van der Waals surface area contributed by atoms with Gasteiger partial charge < -0.3 is 9.47 Å². The van der Waals surface area contributed by atoms with Crippen LogP contribution in [-0.2, 0) is 24.1 Å². The Balaban J connectivity index is 1.76. The lowest BCUT2D eigenvalue weighted by Gasteiger charge is -2.34. The van der Waals surface area contributed by atoms with Gasteiger partial charge in [0.05, 0.1) is 12.1 Å². The first-order valence-electron chi connectivity index (χ1n) is 9.22. The first-order chi connectivity index (χ1) is 12.8. The molecule has 1 aliphatic rings. The molecule has 0 radical (unpaired) electrons. The smallest absolute Gasteiger partial charge is 0.333 e. The van der Waals surface area contributed by atoms with E-state index in [1.54, 1.807) is 23.0 Å². The van der Waals surface area contributed by atoms with E-state index in [2.05, 4.69) is 4.98 Å². The third-order valence-electron chi connectivity index (χ3n) is 5.08. The van der Waals surface area contributed by atoms with E-state index in [9.17, 15) is 18.0 Å². The number of rotatable bonds is 6. The van der Waals surface area contributed by atoms with Crippen molar-refractivity contribution in [3.8, 4) is 0 Å². The second kappa shape index (κ2) is 7.74. The topological polar surface area (TPSA) is 38.1 Å². The van der Waals surface area contributed by atoms with Gasteiger partial charge in [-0.1, -0.05) is 18.6 Å². The van der Waals surface area contributed by atoms with Crippen molar-refractivity contribution in [1.82, 2.24) is 14.5 Å². The third-order valence-corrected chi connectivity index (χ3v) is 5.08. The number of aromatic nitrogens is 2. The highest BCUT2D eigenvalue weighted by molar-refractivity contribution is 5.79. The molecule has 4 nitrogen and oxygen atoms in total. The van der Waals surface area contributed by atoms with Gasteiger partial charge in [-0.05, 0) is 44.4 Å². The molecule has 0 bridgehead atoms. The van der Waals surface area contributed by atoms with Crippen molar-refractivity contribution in [2.45, 2.75) is 58.4 Å². The maximum atomic E-state index is 12.9. The molecule has 146 valence electrons. The van der Waals surface area contributed by atoms with Crippen LogP contribution in [0.25, 0.3) is 0 Å². The van der Waals surface area contributed by atoms with Gasteiger partial charge in [-0.25, -0.2) is 4.98 Å². The Morgan fingerprint density at radius 1 is 1.33 bits per heavy atom. The van der Waals surface area contributed by atoms with Gasteiger partial charge in [-0.3, -0.25) is 4.79 Å². The van der Waals surface area contributed by atoms with Gasteiger partial charge in [0.15, 0.2) is 0 Å². The fourth-order valence-corrected chi connectivity index (χ4v) is 3.24. The summed E-state index contributed by atoms with van der Waals surface area (Å²) < 4.78 is 40.6. The quantitative estimate of drug-likeness (QED) is 0.742. The summed E-state index contributed by atoms with van der Waals surface area (Å²) in [5.74, 6) is 0.915. The largest absolute Gasteiger partial charge is 0.416 e. The average molecular weight is 379 g/mol. The van der Waals surface area contributed by atoms with E-state index in [0.29, 0.717) is 17.9 Å². The summed E-state index contributed by atoms with van der Waals surface area (Å²) in [6.07, 6.45) is 1.95. The summed E-state index contributed by atoms with van der Waals surface area (Å²) in [6, 6.07) is 5.34. The van der Waals surface area contributed by atoms with Crippen LogP contribution < -0.4 is 0 Å². The van der Waals surface area contributed by atoms with Crippen LogP contribution in [0.15, 0.2) is 36.7 Å². The Labute approximate surface area is 157 Å². The van der Waals surface area contributed by atoms with Crippen molar-refractivity contribution < 1.29 is 18.0 Å². The zero-order valence-corrected chi connectivity index (χ0v) is 15.5. The van der Waals surface area contributed by atoms with E-state index < -0.39 is 11.7 Å². The third kappa shape index (κ3) is 4.51. The summed E-state index contributed by atoms with van der Waals surface area (Å²) in [6.45, 7) is 4.58. The number of carbonyl (C=O) groups is 1. The molecule has 1 heterocycles. The van der Waals surface area contributed by atoms with Crippen molar-refractivity contribution in [3.05, 3.63) is 53.6 Å². The minimum absolute atomic E-state index is 0.0387. The van der Waals surface area contributed by atoms with E-state index in [-0.39, 0.29) is 24.4 Å². The van der Waals surface area contributed by atoms with Crippen molar-refractivity contribution in [1.29, 1.82) is 0 Å². The summed E-state index contributed by atoms with van der Waals surface area (Å²) in [5, 5.41) is 0. The fraction of sp³-hybridized carbons (Fsp3) is 0.500. The number of nitrogens with zero attached hydrogens (tertiary/aromatic N) is 3. The Morgan fingerprint density at radius 2 is 2.07 bits per heavy atom. The molecule has 0 aliphatic heterocycles. The SMILES string of the molecule is CC(C)N(Cc1nccn1Cc1cccc(C(F)(F)F)c1)C(=O)C1CCC1. The van der Waals surface area contributed by atoms with E-state index >= 15 is 0 Å². The van der Waals surface area contributed by atoms with Gasteiger partial charge in [0.2, 0.25) is 5.91 Å². The van der Waals surface area contributed by atoms with Gasteiger partial charge in [0.25, 0.3) is 0 Å². The lowest BCUT2D eigenvalue weighted by Crippen LogP contribution is -2.43. The van der Waals surface area contributed by atoms with E-state index in [0.717, 1.165) is 31.4 Å². The highest BCUT2D eigenvalue weighted by Gasteiger charge is 2.32. The molecule has 27 heavy (non-hydrogen) atoms. The van der Waals surface area contributed by atoms with E-state index in [4.69, 9.17) is 0 Å². The van der Waals surface area contributed by atoms with Gasteiger partial charge in [-0.15, -0.1) is 0 Å². The molecule has 0 spiro atoms. The average Bonchev–Trinajstić information content (AvgIpc) is 2.97. The minimum Gasteiger partial charge on any atom is -0.333 e. The summed E-state index contributed by atoms with van der Waals surface area (Å²) in [5.41, 5.74) is -0.115. The molecule has 1 fully saturated rings. The van der Waals surface area contributed by atoms with Gasteiger partial charge >= 0.3 is 6.18 Å². The number of amides is 1. The first kappa shape index (κ1) is 19.5. The maximum Gasteiger partial charge on any atom is 0.416 e. The second-order valence-corrected chi connectivity index (χ2v) is 7.36. The lowest BCUT2D eigenvalue weighted by atomic mass is 9.84. The first-order valence-corrected chi connectivity index (χ1v) is 9.22. The van der Waals surface area contributed by atoms with Gasteiger partial charge in [0, 0.05) is 30.9 Å². The maximum absolute atomic E-state index is 12.9. The molecule has 0 unspecified atom stereocenters. The van der Waals surface area contributed by atoms with Crippen LogP contribution in [0.2, 0.25) is 0 Å². The Hall–Kier alpha value is -2.31. The molecule has 0 saturated heterocycles. The molecular weight excluding hydrogens is 355 g/mol. The van der Waals surface area contributed by atoms with Crippen molar-refractivity contribution >= 4 is 5.91 Å². The molecule has 1 aromatic carbocycles. The zero-order chi connectivity index (χ0) is 19.6.